The minimum atomic E-state index is -0.533. The van der Waals surface area contributed by atoms with Crippen LogP contribution in [-0.2, 0) is 4.79 Å². The first-order valence-corrected chi connectivity index (χ1v) is 6.76. The third-order valence-corrected chi connectivity index (χ3v) is 3.04. The van der Waals surface area contributed by atoms with Crippen LogP contribution >= 0.6 is 0 Å². The minimum Gasteiger partial charge on any atom is -0.426 e. The third kappa shape index (κ3) is 5.88. The van der Waals surface area contributed by atoms with Gasteiger partial charge in [-0.1, -0.05) is 6.42 Å². The molecule has 0 fully saturated rings. The molecule has 0 spiro atoms. The maximum absolute atomic E-state index is 12.0. The van der Waals surface area contributed by atoms with Crippen molar-refractivity contribution < 1.29 is 24.7 Å². The van der Waals surface area contributed by atoms with Gasteiger partial charge in [0.1, 0.15) is 5.75 Å². The lowest BCUT2D eigenvalue weighted by Gasteiger charge is -2.14. The number of aliphatic hydroxyl groups is 2. The minimum absolute atomic E-state index is 0.0588. The summed E-state index contributed by atoms with van der Waals surface area (Å²) < 4.78 is 5.16. The number of carbonyl (C=O) groups is 1. The number of nitro benzene ring substituents is 1. The Morgan fingerprint density at radius 2 is 1.81 bits per heavy atom. The molecule has 0 amide bonds. The van der Waals surface area contributed by atoms with E-state index in [1.165, 1.54) is 24.3 Å². The second-order valence-corrected chi connectivity index (χ2v) is 4.60. The number of nitrogens with zero attached hydrogens (tertiary/aromatic N) is 1. The van der Waals surface area contributed by atoms with Gasteiger partial charge in [0.2, 0.25) is 0 Å². The molecule has 0 saturated carbocycles. The predicted molar refractivity (Wildman–Crippen MR) is 74.9 cm³/mol. The van der Waals surface area contributed by atoms with Gasteiger partial charge in [-0.3, -0.25) is 14.9 Å². The van der Waals surface area contributed by atoms with Crippen LogP contribution in [0.1, 0.15) is 25.7 Å². The fourth-order valence-corrected chi connectivity index (χ4v) is 1.87. The van der Waals surface area contributed by atoms with Gasteiger partial charge in [0.05, 0.1) is 10.8 Å². The van der Waals surface area contributed by atoms with Crippen LogP contribution in [0.3, 0.4) is 0 Å². The summed E-state index contributed by atoms with van der Waals surface area (Å²) in [4.78, 5) is 22.0. The van der Waals surface area contributed by atoms with E-state index in [0.29, 0.717) is 19.3 Å². The van der Waals surface area contributed by atoms with Crippen LogP contribution < -0.4 is 4.74 Å². The van der Waals surface area contributed by atoms with Crippen LogP contribution in [0.5, 0.6) is 5.75 Å². The fourth-order valence-electron chi connectivity index (χ4n) is 1.87. The highest BCUT2D eigenvalue weighted by molar-refractivity contribution is 5.75. The largest absolute Gasteiger partial charge is 0.426 e. The standard InChI is InChI=1S/C14H19NO6/c16-9-2-1-3-11(8-10-17)14(18)21-13-6-4-12(5-7-13)15(19)20/h4-7,11,16-17H,1-3,8-10H2. The number of aliphatic hydroxyl groups excluding tert-OH is 2. The van der Waals surface area contributed by atoms with Crippen molar-refractivity contribution in [2.24, 2.45) is 5.92 Å². The summed E-state index contributed by atoms with van der Waals surface area (Å²) in [5.41, 5.74) is -0.0790. The van der Waals surface area contributed by atoms with Crippen LogP contribution in [0.2, 0.25) is 0 Å². The second-order valence-electron chi connectivity index (χ2n) is 4.60. The molecule has 1 atom stereocenters. The highest BCUT2D eigenvalue weighted by Crippen LogP contribution is 2.20. The first-order valence-electron chi connectivity index (χ1n) is 6.76. The molecule has 0 heterocycles. The molecule has 1 aromatic rings. The molecule has 2 N–H and O–H groups in total. The van der Waals surface area contributed by atoms with Crippen molar-refractivity contribution in [1.82, 2.24) is 0 Å². The Labute approximate surface area is 122 Å². The van der Waals surface area contributed by atoms with E-state index >= 15 is 0 Å². The number of hydrogen-bond acceptors (Lipinski definition) is 6. The van der Waals surface area contributed by atoms with Crippen LogP contribution in [-0.4, -0.2) is 34.3 Å². The summed E-state index contributed by atoms with van der Waals surface area (Å²) in [6.07, 6.45) is 2.06. The monoisotopic (exact) mass is 297 g/mol. The summed E-state index contributed by atoms with van der Waals surface area (Å²) in [5.74, 6) is -0.691. The molecule has 7 nitrogen and oxygen atoms in total. The Kier molecular flexibility index (Phi) is 7.34. The van der Waals surface area contributed by atoms with Gasteiger partial charge in [-0.05, 0) is 31.4 Å². The molecule has 0 aliphatic heterocycles. The van der Waals surface area contributed by atoms with Gasteiger partial charge >= 0.3 is 5.97 Å². The zero-order chi connectivity index (χ0) is 15.7. The van der Waals surface area contributed by atoms with E-state index in [4.69, 9.17) is 14.9 Å². The third-order valence-electron chi connectivity index (χ3n) is 3.04. The fraction of sp³-hybridized carbons (Fsp3) is 0.500. The smallest absolute Gasteiger partial charge is 0.314 e. The van der Waals surface area contributed by atoms with Gasteiger partial charge in [0, 0.05) is 25.3 Å². The van der Waals surface area contributed by atoms with E-state index in [1.54, 1.807) is 0 Å². The summed E-state index contributed by atoms with van der Waals surface area (Å²) >= 11 is 0. The van der Waals surface area contributed by atoms with E-state index in [2.05, 4.69) is 0 Å². The Hall–Kier alpha value is -1.99. The molecule has 0 saturated heterocycles. The molecule has 7 heteroatoms. The lowest BCUT2D eigenvalue weighted by atomic mass is 9.99. The number of nitro groups is 1. The van der Waals surface area contributed by atoms with Crippen molar-refractivity contribution in [3.05, 3.63) is 34.4 Å². The maximum Gasteiger partial charge on any atom is 0.314 e. The van der Waals surface area contributed by atoms with Crippen molar-refractivity contribution >= 4 is 11.7 Å². The normalized spacial score (nSPS) is 11.9. The first-order chi connectivity index (χ1) is 10.1. The number of hydrogen-bond donors (Lipinski definition) is 2. The summed E-state index contributed by atoms with van der Waals surface area (Å²) in [6.45, 7) is -0.0671. The van der Waals surface area contributed by atoms with Gasteiger partial charge in [0.15, 0.2) is 0 Å². The first kappa shape index (κ1) is 17.1. The maximum atomic E-state index is 12.0. The molecule has 21 heavy (non-hydrogen) atoms. The number of benzene rings is 1. The van der Waals surface area contributed by atoms with Gasteiger partial charge in [-0.15, -0.1) is 0 Å². The topological polar surface area (TPSA) is 110 Å². The van der Waals surface area contributed by atoms with E-state index in [-0.39, 0.29) is 31.1 Å². The molecule has 116 valence electrons. The highest BCUT2D eigenvalue weighted by Gasteiger charge is 2.20. The van der Waals surface area contributed by atoms with Crippen LogP contribution in [0.4, 0.5) is 5.69 Å². The Morgan fingerprint density at radius 3 is 2.33 bits per heavy atom. The van der Waals surface area contributed by atoms with E-state index in [1.807, 2.05) is 0 Å². The second kappa shape index (κ2) is 9.04. The zero-order valence-electron chi connectivity index (χ0n) is 11.6. The van der Waals surface area contributed by atoms with Crippen molar-refractivity contribution in [1.29, 1.82) is 0 Å². The molecule has 0 aliphatic rings. The lowest BCUT2D eigenvalue weighted by Crippen LogP contribution is -2.22. The zero-order valence-corrected chi connectivity index (χ0v) is 11.6. The van der Waals surface area contributed by atoms with Crippen molar-refractivity contribution in [3.63, 3.8) is 0 Å². The molecule has 0 bridgehead atoms. The number of carbonyl (C=O) groups excluding carboxylic acids is 1. The molecular formula is C14H19NO6. The van der Waals surface area contributed by atoms with Gasteiger partial charge < -0.3 is 14.9 Å². The number of esters is 1. The SMILES string of the molecule is O=C(Oc1ccc([N+](=O)[O-])cc1)C(CCO)CCCCO. The lowest BCUT2D eigenvalue weighted by molar-refractivity contribution is -0.384. The molecule has 1 unspecified atom stereocenters. The van der Waals surface area contributed by atoms with Crippen LogP contribution in [0.25, 0.3) is 0 Å². The predicted octanol–water partition coefficient (Wildman–Crippen LogP) is 1.66. The average Bonchev–Trinajstić information content (AvgIpc) is 2.47. The Bertz CT molecular complexity index is 459. The van der Waals surface area contributed by atoms with Crippen LogP contribution in [0.15, 0.2) is 24.3 Å². The molecule has 1 aromatic carbocycles. The average molecular weight is 297 g/mol. The summed E-state index contributed by atoms with van der Waals surface area (Å²) in [6, 6.07) is 5.24. The summed E-state index contributed by atoms with van der Waals surface area (Å²) in [5, 5.41) is 28.2. The van der Waals surface area contributed by atoms with Crippen LogP contribution in [0, 0.1) is 16.0 Å². The van der Waals surface area contributed by atoms with E-state index < -0.39 is 16.8 Å². The van der Waals surface area contributed by atoms with Gasteiger partial charge in [0.25, 0.3) is 5.69 Å². The summed E-state index contributed by atoms with van der Waals surface area (Å²) in [7, 11) is 0. The number of non-ortho nitro benzene ring substituents is 1. The molecule has 0 aliphatic carbocycles. The quantitative estimate of drug-likeness (QED) is 0.236. The van der Waals surface area contributed by atoms with Gasteiger partial charge in [-0.25, -0.2) is 0 Å². The number of ether oxygens (including phenoxy) is 1. The Balaban J connectivity index is 2.60. The Morgan fingerprint density at radius 1 is 1.14 bits per heavy atom. The van der Waals surface area contributed by atoms with Crippen molar-refractivity contribution in [3.8, 4) is 5.75 Å². The van der Waals surface area contributed by atoms with Crippen molar-refractivity contribution in [2.75, 3.05) is 13.2 Å². The molecular weight excluding hydrogens is 278 g/mol. The van der Waals surface area contributed by atoms with E-state index in [0.717, 1.165) is 0 Å². The van der Waals surface area contributed by atoms with Gasteiger partial charge in [-0.2, -0.15) is 0 Å². The molecule has 1 rings (SSSR count). The molecule has 0 radical (unpaired) electrons. The highest BCUT2D eigenvalue weighted by atomic mass is 16.6. The van der Waals surface area contributed by atoms with Crippen molar-refractivity contribution in [2.45, 2.75) is 25.7 Å². The number of unbranched alkanes of at least 4 members (excludes halogenated alkanes) is 1. The van der Waals surface area contributed by atoms with E-state index in [9.17, 15) is 14.9 Å². The molecule has 0 aromatic heterocycles. The number of rotatable bonds is 9.